The van der Waals surface area contributed by atoms with E-state index in [4.69, 9.17) is 11.6 Å². The van der Waals surface area contributed by atoms with Crippen LogP contribution in [0.25, 0.3) is 5.57 Å². The van der Waals surface area contributed by atoms with E-state index in [1.165, 1.54) is 11.0 Å². The number of nitrogens with one attached hydrogen (secondary N) is 2. The Bertz CT molecular complexity index is 1550. The van der Waals surface area contributed by atoms with Crippen LogP contribution in [-0.4, -0.2) is 71.3 Å². The summed E-state index contributed by atoms with van der Waals surface area (Å²) in [5, 5.41) is 12.1. The molecule has 46 heavy (non-hydrogen) atoms. The molecule has 2 aromatic carbocycles. The van der Waals surface area contributed by atoms with Crippen LogP contribution in [0.4, 0.5) is 4.39 Å². The summed E-state index contributed by atoms with van der Waals surface area (Å²) in [5.41, 5.74) is 1.74. The lowest BCUT2D eigenvalue weighted by atomic mass is 9.91. The van der Waals surface area contributed by atoms with Crippen LogP contribution in [0.3, 0.4) is 0 Å². The maximum atomic E-state index is 14.0. The fraction of sp³-hybridized carbons (Fsp3) is 0.424. The third kappa shape index (κ3) is 10.2. The van der Waals surface area contributed by atoms with Gasteiger partial charge < -0.3 is 15.3 Å². The average molecular weight is 694 g/mol. The Morgan fingerprint density at radius 3 is 2.41 bits per heavy atom. The SMILES string of the molecule is CCCCC(=O)N(CCC(=O)NC[C@H](S)Cc1ccccc1F)CC1=CC=C(c2ccccc2)C(Cl)(S(=O)(=O)NC(=O)[C@H](C)O)C1. The molecule has 0 saturated carbocycles. The zero-order valence-corrected chi connectivity index (χ0v) is 28.4. The number of alkyl halides is 1. The Morgan fingerprint density at radius 1 is 1.09 bits per heavy atom. The first-order valence-corrected chi connectivity index (χ1v) is 17.5. The molecule has 1 unspecified atom stereocenters. The number of carbonyl (C=O) groups excluding carboxylic acids is 3. The van der Waals surface area contributed by atoms with Gasteiger partial charge in [-0.3, -0.25) is 14.4 Å². The lowest BCUT2D eigenvalue weighted by Gasteiger charge is -2.35. The van der Waals surface area contributed by atoms with Gasteiger partial charge in [-0.2, -0.15) is 12.6 Å². The monoisotopic (exact) mass is 693 g/mol. The second-order valence-electron chi connectivity index (χ2n) is 11.2. The van der Waals surface area contributed by atoms with Crippen molar-refractivity contribution in [3.63, 3.8) is 0 Å². The molecule has 3 amide bonds. The molecule has 0 saturated heterocycles. The van der Waals surface area contributed by atoms with Crippen LogP contribution < -0.4 is 10.0 Å². The fourth-order valence-corrected chi connectivity index (χ4v) is 7.11. The summed E-state index contributed by atoms with van der Waals surface area (Å²) >= 11 is 11.4. The summed E-state index contributed by atoms with van der Waals surface area (Å²) in [6, 6.07) is 15.0. The summed E-state index contributed by atoms with van der Waals surface area (Å²) in [7, 11) is -4.60. The molecule has 0 radical (unpaired) electrons. The molecule has 0 bridgehead atoms. The maximum Gasteiger partial charge on any atom is 0.262 e. The number of sulfonamides is 1. The highest BCUT2D eigenvalue weighted by Crippen LogP contribution is 2.45. The molecule has 3 atom stereocenters. The Labute approximate surface area is 280 Å². The zero-order valence-electron chi connectivity index (χ0n) is 25.9. The molecule has 0 spiro atoms. The van der Waals surface area contributed by atoms with Gasteiger partial charge in [-0.15, -0.1) is 0 Å². The number of unbranched alkanes of at least 4 members (excludes halogenated alkanes) is 1. The number of amides is 3. The summed E-state index contributed by atoms with van der Waals surface area (Å²) < 4.78 is 40.9. The van der Waals surface area contributed by atoms with E-state index in [1.54, 1.807) is 60.7 Å². The molecule has 13 heteroatoms. The van der Waals surface area contributed by atoms with Gasteiger partial charge in [-0.05, 0) is 48.1 Å². The number of hydrogen-bond donors (Lipinski definition) is 4. The van der Waals surface area contributed by atoms with Crippen molar-refractivity contribution in [1.82, 2.24) is 14.9 Å². The van der Waals surface area contributed by atoms with Gasteiger partial charge in [0.1, 0.15) is 11.9 Å². The van der Waals surface area contributed by atoms with Gasteiger partial charge in [0.05, 0.1) is 0 Å². The van der Waals surface area contributed by atoms with Crippen molar-refractivity contribution in [3.05, 3.63) is 89.3 Å². The van der Waals surface area contributed by atoms with E-state index in [2.05, 4.69) is 17.9 Å². The van der Waals surface area contributed by atoms with E-state index < -0.39 is 26.2 Å². The van der Waals surface area contributed by atoms with Gasteiger partial charge in [0, 0.05) is 44.1 Å². The predicted molar refractivity (Wildman–Crippen MR) is 181 cm³/mol. The first kappa shape index (κ1) is 37.3. The predicted octanol–water partition coefficient (Wildman–Crippen LogP) is 4.37. The molecule has 0 aromatic heterocycles. The second kappa shape index (κ2) is 17.1. The third-order valence-electron chi connectivity index (χ3n) is 7.52. The molecule has 3 rings (SSSR count). The standard InChI is InChI=1S/C33H41ClFN3O6S2/c1-3-4-14-31(41)38(18-17-30(40)36-21-27(45)19-26-12-8-9-13-29(26)35)22-24-15-16-28(25-10-6-5-7-11-25)33(34,20-24)46(43,44)37-32(42)23(2)39/h5-13,15-16,23,27,39,45H,3-4,14,17-22H2,1-2H3,(H,36,40)(H,37,42)/t23-,27+,33?/m0/s1. The number of nitrogens with zero attached hydrogens (tertiary/aromatic N) is 1. The number of carbonyl (C=O) groups is 3. The quantitative estimate of drug-likeness (QED) is 0.153. The number of allylic oxidation sites excluding steroid dienone is 2. The summed E-state index contributed by atoms with van der Waals surface area (Å²) in [4.78, 5) is 39.7. The summed E-state index contributed by atoms with van der Waals surface area (Å²) in [5.74, 6) is -1.98. The molecule has 0 fully saturated rings. The number of hydrogen-bond acceptors (Lipinski definition) is 7. The topological polar surface area (TPSA) is 133 Å². The Kier molecular flexibility index (Phi) is 13.9. The molecular formula is C33H41ClFN3O6S2. The van der Waals surface area contributed by atoms with Crippen LogP contribution >= 0.6 is 24.2 Å². The van der Waals surface area contributed by atoms with Crippen molar-refractivity contribution >= 4 is 57.5 Å². The molecule has 9 nitrogen and oxygen atoms in total. The largest absolute Gasteiger partial charge is 0.384 e. The van der Waals surface area contributed by atoms with Crippen molar-refractivity contribution in [3.8, 4) is 0 Å². The third-order valence-corrected chi connectivity index (χ3v) is 10.5. The van der Waals surface area contributed by atoms with Gasteiger partial charge in [0.25, 0.3) is 15.9 Å². The van der Waals surface area contributed by atoms with E-state index in [-0.39, 0.29) is 67.4 Å². The highest BCUT2D eigenvalue weighted by Gasteiger charge is 2.49. The minimum absolute atomic E-state index is 0.00517. The number of aliphatic hydroxyl groups is 1. The van der Waals surface area contributed by atoms with E-state index in [1.807, 2.05) is 11.6 Å². The van der Waals surface area contributed by atoms with Crippen LogP contribution in [0.1, 0.15) is 57.1 Å². The van der Waals surface area contributed by atoms with Gasteiger partial charge in [0.2, 0.25) is 11.8 Å². The molecule has 1 aliphatic rings. The summed E-state index contributed by atoms with van der Waals surface area (Å²) in [6.45, 7) is 3.36. The van der Waals surface area contributed by atoms with Crippen LogP contribution in [0.2, 0.25) is 0 Å². The molecule has 2 aromatic rings. The minimum atomic E-state index is -4.60. The van der Waals surface area contributed by atoms with Crippen LogP contribution in [0.15, 0.2) is 72.3 Å². The van der Waals surface area contributed by atoms with Crippen molar-refractivity contribution in [2.24, 2.45) is 0 Å². The normalized spacial score (nSPS) is 17.7. The van der Waals surface area contributed by atoms with E-state index >= 15 is 0 Å². The maximum absolute atomic E-state index is 14.0. The average Bonchev–Trinajstić information content (AvgIpc) is 3.02. The van der Waals surface area contributed by atoms with Crippen molar-refractivity contribution < 1.29 is 32.3 Å². The van der Waals surface area contributed by atoms with Gasteiger partial charge in [-0.1, -0.05) is 85.6 Å². The first-order chi connectivity index (χ1) is 21.8. The Morgan fingerprint density at radius 2 is 1.76 bits per heavy atom. The smallest absolute Gasteiger partial charge is 0.262 e. The summed E-state index contributed by atoms with van der Waals surface area (Å²) in [6.07, 6.45) is 3.36. The van der Waals surface area contributed by atoms with Crippen LogP contribution in [0, 0.1) is 5.82 Å². The lowest BCUT2D eigenvalue weighted by Crippen LogP contribution is -2.49. The molecule has 0 aliphatic heterocycles. The number of aliphatic hydroxyl groups excluding tert-OH is 1. The minimum Gasteiger partial charge on any atom is -0.384 e. The number of rotatable bonds is 16. The van der Waals surface area contributed by atoms with Crippen molar-refractivity contribution in [2.75, 3.05) is 19.6 Å². The van der Waals surface area contributed by atoms with Gasteiger partial charge in [0.15, 0.2) is 4.21 Å². The van der Waals surface area contributed by atoms with Gasteiger partial charge in [-0.25, -0.2) is 17.5 Å². The zero-order chi connectivity index (χ0) is 33.9. The number of benzene rings is 2. The van der Waals surface area contributed by atoms with Crippen LogP contribution in [0.5, 0.6) is 0 Å². The van der Waals surface area contributed by atoms with E-state index in [9.17, 15) is 32.3 Å². The number of thiol groups is 1. The lowest BCUT2D eigenvalue weighted by molar-refractivity contribution is -0.131. The second-order valence-corrected chi connectivity index (χ2v) is 14.8. The van der Waals surface area contributed by atoms with Crippen molar-refractivity contribution in [2.45, 2.75) is 67.9 Å². The molecule has 3 N–H and O–H groups in total. The molecule has 250 valence electrons. The molecule has 0 heterocycles. The highest BCUT2D eigenvalue weighted by atomic mass is 35.5. The molecular weight excluding hydrogens is 653 g/mol. The molecule has 1 aliphatic carbocycles. The van der Waals surface area contributed by atoms with Gasteiger partial charge >= 0.3 is 0 Å². The van der Waals surface area contributed by atoms with E-state index in [0.717, 1.165) is 13.3 Å². The number of halogens is 2. The van der Waals surface area contributed by atoms with Crippen LogP contribution in [-0.2, 0) is 30.8 Å². The van der Waals surface area contributed by atoms with E-state index in [0.29, 0.717) is 29.5 Å². The fourth-order valence-electron chi connectivity index (χ4n) is 4.92. The Balaban J connectivity index is 1.77. The highest BCUT2D eigenvalue weighted by molar-refractivity contribution is 7.93. The van der Waals surface area contributed by atoms with Crippen molar-refractivity contribution in [1.29, 1.82) is 0 Å². The Hall–Kier alpha value is -3.19. The first-order valence-electron chi connectivity index (χ1n) is 15.1.